The summed E-state index contributed by atoms with van der Waals surface area (Å²) in [4.78, 5) is 2.39. The second kappa shape index (κ2) is 14.1. The van der Waals surface area contributed by atoms with Crippen LogP contribution in [0.2, 0.25) is 0 Å². The molecular weight excluding hydrogens is 520 g/mol. The average molecular weight is 565 g/mol. The predicted molar refractivity (Wildman–Crippen MR) is 158 cm³/mol. The molecule has 0 aliphatic carbocycles. The molecule has 222 valence electrons. The van der Waals surface area contributed by atoms with Crippen LogP contribution in [-0.4, -0.2) is 79.4 Å². The summed E-state index contributed by atoms with van der Waals surface area (Å²) in [6, 6.07) is 15.2. The molecule has 0 amide bonds. The topological polar surface area (TPSA) is 95.8 Å². The van der Waals surface area contributed by atoms with E-state index in [1.165, 1.54) is 5.56 Å². The molecule has 0 spiro atoms. The van der Waals surface area contributed by atoms with E-state index in [2.05, 4.69) is 63.0 Å². The summed E-state index contributed by atoms with van der Waals surface area (Å²) in [5.41, 5.74) is 3.58. The van der Waals surface area contributed by atoms with Crippen LogP contribution in [0.4, 0.5) is 5.69 Å². The van der Waals surface area contributed by atoms with Crippen molar-refractivity contribution < 1.29 is 18.9 Å². The number of piperidine rings is 1. The number of ether oxygens (including phenoxy) is 4. The lowest BCUT2D eigenvalue weighted by Gasteiger charge is -2.38. The third-order valence-electron chi connectivity index (χ3n) is 8.44. The molecule has 3 aromatic rings. The van der Waals surface area contributed by atoms with E-state index in [-0.39, 0.29) is 12.0 Å². The van der Waals surface area contributed by atoms with Gasteiger partial charge in [0.2, 0.25) is 0 Å². The minimum Gasteiger partial charge on any atom is -0.497 e. The van der Waals surface area contributed by atoms with Gasteiger partial charge < -0.3 is 29.2 Å². The van der Waals surface area contributed by atoms with E-state index in [1.807, 2.05) is 19.2 Å². The van der Waals surface area contributed by atoms with E-state index in [0.717, 1.165) is 80.5 Å². The summed E-state index contributed by atoms with van der Waals surface area (Å²) in [6.07, 6.45) is 3.98. The van der Waals surface area contributed by atoms with E-state index in [0.29, 0.717) is 25.2 Å². The summed E-state index contributed by atoms with van der Waals surface area (Å²) >= 11 is 0. The number of hydrogen-bond donors (Lipinski definition) is 1. The Morgan fingerprint density at radius 3 is 2.73 bits per heavy atom. The predicted octanol–water partition coefficient (Wildman–Crippen LogP) is 4.07. The number of tetrazole rings is 1. The van der Waals surface area contributed by atoms with Gasteiger partial charge >= 0.3 is 0 Å². The Kier molecular flexibility index (Phi) is 10.1. The second-order valence-corrected chi connectivity index (χ2v) is 11.1. The summed E-state index contributed by atoms with van der Waals surface area (Å²) < 4.78 is 25.1. The van der Waals surface area contributed by atoms with Crippen LogP contribution in [0, 0.1) is 0 Å². The molecule has 1 saturated heterocycles. The number of anilines is 1. The molecule has 0 saturated carbocycles. The maximum absolute atomic E-state index is 6.68. The van der Waals surface area contributed by atoms with Gasteiger partial charge in [-0.15, -0.1) is 5.10 Å². The summed E-state index contributed by atoms with van der Waals surface area (Å²) in [5.74, 6) is 3.31. The molecule has 1 aromatic heterocycles. The van der Waals surface area contributed by atoms with E-state index in [4.69, 9.17) is 18.9 Å². The third-order valence-corrected chi connectivity index (χ3v) is 8.44. The molecule has 4 atom stereocenters. The first-order chi connectivity index (χ1) is 20.1. The highest BCUT2D eigenvalue weighted by molar-refractivity contribution is 5.61. The van der Waals surface area contributed by atoms with Gasteiger partial charge in [0.25, 0.3) is 0 Å². The van der Waals surface area contributed by atoms with Gasteiger partial charge in [0.15, 0.2) is 5.82 Å². The molecule has 10 heteroatoms. The molecule has 1 N–H and O–H groups in total. The molecule has 2 aliphatic rings. The van der Waals surface area contributed by atoms with Crippen LogP contribution in [0.15, 0.2) is 42.5 Å². The van der Waals surface area contributed by atoms with Gasteiger partial charge in [0.05, 0.1) is 32.1 Å². The van der Waals surface area contributed by atoms with Crippen molar-refractivity contribution in [3.63, 3.8) is 0 Å². The third kappa shape index (κ3) is 7.17. The number of aryl methyl sites for hydroxylation is 1. The van der Waals surface area contributed by atoms with Gasteiger partial charge in [-0.1, -0.05) is 25.1 Å². The zero-order valence-corrected chi connectivity index (χ0v) is 24.8. The van der Waals surface area contributed by atoms with Crippen molar-refractivity contribution in [1.29, 1.82) is 0 Å². The van der Waals surface area contributed by atoms with Crippen molar-refractivity contribution in [3.8, 4) is 11.5 Å². The van der Waals surface area contributed by atoms with Gasteiger partial charge in [-0.25, -0.2) is 4.68 Å². The molecule has 1 fully saturated rings. The van der Waals surface area contributed by atoms with Crippen LogP contribution in [0.1, 0.15) is 61.4 Å². The van der Waals surface area contributed by atoms with Crippen molar-refractivity contribution in [2.45, 2.75) is 63.2 Å². The lowest BCUT2D eigenvalue weighted by molar-refractivity contribution is 0.00163. The number of methoxy groups -OCH3 is 2. The van der Waals surface area contributed by atoms with Crippen LogP contribution in [0.5, 0.6) is 11.5 Å². The molecule has 41 heavy (non-hydrogen) atoms. The number of benzene rings is 2. The second-order valence-electron chi connectivity index (χ2n) is 11.1. The highest BCUT2D eigenvalue weighted by atomic mass is 16.5. The zero-order chi connectivity index (χ0) is 28.6. The summed E-state index contributed by atoms with van der Waals surface area (Å²) in [7, 11) is 5.37. The van der Waals surface area contributed by atoms with Crippen LogP contribution in [0.3, 0.4) is 0 Å². The van der Waals surface area contributed by atoms with E-state index in [9.17, 15) is 0 Å². The van der Waals surface area contributed by atoms with Crippen molar-refractivity contribution in [2.75, 3.05) is 52.0 Å². The maximum atomic E-state index is 6.68. The summed E-state index contributed by atoms with van der Waals surface area (Å²) in [5, 5.41) is 16.0. The fraction of sp³-hybridized carbons (Fsp3) is 0.581. The van der Waals surface area contributed by atoms with Gasteiger partial charge in [-0.3, -0.25) is 0 Å². The van der Waals surface area contributed by atoms with E-state index >= 15 is 0 Å². The molecule has 10 nitrogen and oxygen atoms in total. The minimum atomic E-state index is 0.0429. The number of nitrogens with one attached hydrogen (secondary N) is 1. The lowest BCUT2D eigenvalue weighted by Crippen LogP contribution is -2.47. The minimum absolute atomic E-state index is 0.0429. The number of rotatable bonds is 13. The first-order valence-corrected chi connectivity index (χ1v) is 14.8. The first-order valence-electron chi connectivity index (χ1n) is 14.8. The molecule has 0 unspecified atom stereocenters. The van der Waals surface area contributed by atoms with Gasteiger partial charge in [-0.2, -0.15) is 0 Å². The Balaban J connectivity index is 1.29. The highest BCUT2D eigenvalue weighted by Gasteiger charge is 2.34. The Hall–Kier alpha value is -3.21. The average Bonchev–Trinajstić information content (AvgIpc) is 3.44. The molecule has 0 radical (unpaired) electrons. The molecular formula is C31H44N6O4. The van der Waals surface area contributed by atoms with Crippen LogP contribution in [-0.2, 0) is 23.1 Å². The largest absolute Gasteiger partial charge is 0.497 e. The van der Waals surface area contributed by atoms with E-state index < -0.39 is 0 Å². The Bertz CT molecular complexity index is 1240. The molecule has 0 bridgehead atoms. The number of hydrogen-bond acceptors (Lipinski definition) is 9. The highest BCUT2D eigenvalue weighted by Crippen LogP contribution is 2.36. The number of nitrogens with zero attached hydrogens (tertiary/aromatic N) is 5. The van der Waals surface area contributed by atoms with Crippen molar-refractivity contribution in [3.05, 3.63) is 59.4 Å². The Labute approximate surface area is 243 Å². The van der Waals surface area contributed by atoms with Crippen LogP contribution < -0.4 is 19.7 Å². The van der Waals surface area contributed by atoms with Crippen LogP contribution >= 0.6 is 0 Å². The molecule has 3 heterocycles. The lowest BCUT2D eigenvalue weighted by atomic mass is 9.81. The smallest absolute Gasteiger partial charge is 0.154 e. The first kappa shape index (κ1) is 29.3. The Morgan fingerprint density at radius 1 is 1.15 bits per heavy atom. The zero-order valence-electron chi connectivity index (χ0n) is 24.8. The van der Waals surface area contributed by atoms with E-state index in [1.54, 1.807) is 18.9 Å². The van der Waals surface area contributed by atoms with Crippen LogP contribution in [0.25, 0.3) is 0 Å². The Morgan fingerprint density at radius 2 is 2.00 bits per heavy atom. The number of aromatic nitrogens is 4. The standard InChI is InChI=1S/C31H44N6O4/c1-5-23(31-33-34-35-36(31)2)18-25-19-27(24-8-10-26(39-4)11-9-24)30(20-32-25)41-21-22-7-12-29-28(17-22)37(14-16-40-29)13-6-15-38-3/h7-12,17,23,25,27,30,32H,5-6,13-16,18-21H2,1-4H3/t23-,25+,27-,30+/m1/s1. The quantitative estimate of drug-likeness (QED) is 0.308. The van der Waals surface area contributed by atoms with Crippen molar-refractivity contribution in [2.24, 2.45) is 7.05 Å². The van der Waals surface area contributed by atoms with Gasteiger partial charge in [0.1, 0.15) is 18.1 Å². The van der Waals surface area contributed by atoms with Crippen molar-refractivity contribution in [1.82, 2.24) is 25.5 Å². The fourth-order valence-electron chi connectivity index (χ4n) is 6.15. The number of fused-ring (bicyclic) bond motifs is 1. The fourth-order valence-corrected chi connectivity index (χ4v) is 6.15. The maximum Gasteiger partial charge on any atom is 0.154 e. The van der Waals surface area contributed by atoms with Gasteiger partial charge in [0, 0.05) is 51.7 Å². The normalized spacial score (nSPS) is 21.3. The monoisotopic (exact) mass is 564 g/mol. The van der Waals surface area contributed by atoms with Crippen molar-refractivity contribution >= 4 is 5.69 Å². The SMILES string of the molecule is CC[C@H](C[C@H]1C[C@H](c2ccc(OC)cc2)[C@@H](OCc2ccc3c(c2)N(CCCOC)CCO3)CN1)c1nnnn1C. The van der Waals surface area contributed by atoms with Gasteiger partial charge in [-0.05, 0) is 71.5 Å². The molecule has 5 rings (SSSR count). The molecule has 2 aromatic carbocycles. The summed E-state index contributed by atoms with van der Waals surface area (Å²) in [6.45, 7) is 6.84. The molecule has 2 aliphatic heterocycles.